The second-order valence-corrected chi connectivity index (χ2v) is 6.32. The molecular weight excluding hydrogens is 246 g/mol. The Kier molecular flexibility index (Phi) is 5.19. The lowest BCUT2D eigenvalue weighted by Crippen LogP contribution is -2.46. The first-order chi connectivity index (χ1) is 9.49. The van der Waals surface area contributed by atoms with Crippen molar-refractivity contribution >= 4 is 0 Å². The highest BCUT2D eigenvalue weighted by Gasteiger charge is 2.21. The summed E-state index contributed by atoms with van der Waals surface area (Å²) in [4.78, 5) is 4.94. The number of rotatable bonds is 4. The van der Waals surface area contributed by atoms with E-state index in [4.69, 9.17) is 0 Å². The molecule has 1 aliphatic rings. The Bertz CT molecular complexity index is 448. The Morgan fingerprint density at radius 1 is 1.05 bits per heavy atom. The van der Waals surface area contributed by atoms with Crippen molar-refractivity contribution in [2.45, 2.75) is 26.8 Å². The van der Waals surface area contributed by atoms with Crippen LogP contribution in [-0.2, 0) is 0 Å². The predicted octanol–water partition coefficient (Wildman–Crippen LogP) is 2.12. The molecule has 1 saturated heterocycles. The molecular formula is C17H29N3. The van der Waals surface area contributed by atoms with Gasteiger partial charge in [-0.2, -0.15) is 0 Å². The number of aryl methyl sites for hydroxylation is 3. The van der Waals surface area contributed by atoms with Crippen molar-refractivity contribution in [3.05, 3.63) is 34.4 Å². The molecule has 112 valence electrons. The van der Waals surface area contributed by atoms with Gasteiger partial charge in [0.1, 0.15) is 0 Å². The molecule has 3 heteroatoms. The van der Waals surface area contributed by atoms with E-state index < -0.39 is 0 Å². The average Bonchev–Trinajstić information content (AvgIpc) is 2.41. The number of piperazine rings is 1. The standard InChI is InChI=1S/C17H29N3/c1-13-10-15(3)16(11-14(13)2)17(19(4)5)12-20-8-6-18-7-9-20/h10-11,17-18H,6-9,12H2,1-5H3. The van der Waals surface area contributed by atoms with Gasteiger partial charge in [-0.25, -0.2) is 0 Å². The molecule has 1 heterocycles. The van der Waals surface area contributed by atoms with Gasteiger partial charge in [0.05, 0.1) is 0 Å². The molecule has 0 amide bonds. The minimum atomic E-state index is 0.479. The quantitative estimate of drug-likeness (QED) is 0.908. The number of hydrogen-bond donors (Lipinski definition) is 1. The van der Waals surface area contributed by atoms with Crippen LogP contribution in [0, 0.1) is 20.8 Å². The summed E-state index contributed by atoms with van der Waals surface area (Å²) in [6.45, 7) is 12.3. The molecule has 1 aliphatic heterocycles. The largest absolute Gasteiger partial charge is 0.314 e. The fourth-order valence-electron chi connectivity index (χ4n) is 3.02. The maximum absolute atomic E-state index is 3.43. The van der Waals surface area contributed by atoms with Gasteiger partial charge in [0.15, 0.2) is 0 Å². The van der Waals surface area contributed by atoms with Gasteiger partial charge in [0, 0.05) is 38.8 Å². The summed E-state index contributed by atoms with van der Waals surface area (Å²) in [7, 11) is 4.39. The topological polar surface area (TPSA) is 18.5 Å². The zero-order valence-electron chi connectivity index (χ0n) is 13.7. The van der Waals surface area contributed by atoms with Gasteiger partial charge >= 0.3 is 0 Å². The first kappa shape index (κ1) is 15.5. The highest BCUT2D eigenvalue weighted by atomic mass is 15.2. The molecule has 3 nitrogen and oxygen atoms in total. The van der Waals surface area contributed by atoms with Crippen LogP contribution in [0.2, 0.25) is 0 Å². The molecule has 1 N–H and O–H groups in total. The Labute approximate surface area is 124 Å². The van der Waals surface area contributed by atoms with E-state index in [0.717, 1.165) is 32.7 Å². The van der Waals surface area contributed by atoms with E-state index in [1.807, 2.05) is 0 Å². The van der Waals surface area contributed by atoms with E-state index in [1.54, 1.807) is 0 Å². The predicted molar refractivity (Wildman–Crippen MR) is 86.4 cm³/mol. The molecule has 1 unspecified atom stereocenters. The summed E-state index contributed by atoms with van der Waals surface area (Å²) in [6.07, 6.45) is 0. The lowest BCUT2D eigenvalue weighted by Gasteiger charge is -2.35. The Morgan fingerprint density at radius 2 is 1.65 bits per heavy atom. The highest BCUT2D eigenvalue weighted by molar-refractivity contribution is 5.38. The van der Waals surface area contributed by atoms with Gasteiger partial charge in [-0.1, -0.05) is 12.1 Å². The minimum Gasteiger partial charge on any atom is -0.314 e. The maximum Gasteiger partial charge on any atom is 0.0472 e. The van der Waals surface area contributed by atoms with Crippen LogP contribution in [-0.4, -0.2) is 56.6 Å². The lowest BCUT2D eigenvalue weighted by molar-refractivity contribution is 0.168. The fourth-order valence-corrected chi connectivity index (χ4v) is 3.02. The van der Waals surface area contributed by atoms with Crippen LogP contribution in [0.3, 0.4) is 0 Å². The van der Waals surface area contributed by atoms with E-state index in [1.165, 1.54) is 22.3 Å². The Hall–Kier alpha value is -0.900. The van der Waals surface area contributed by atoms with Crippen molar-refractivity contribution in [1.29, 1.82) is 0 Å². The summed E-state index contributed by atoms with van der Waals surface area (Å²) in [5, 5.41) is 3.43. The van der Waals surface area contributed by atoms with Crippen LogP contribution in [0.4, 0.5) is 0 Å². The van der Waals surface area contributed by atoms with Crippen molar-refractivity contribution in [2.24, 2.45) is 0 Å². The van der Waals surface area contributed by atoms with Crippen LogP contribution >= 0.6 is 0 Å². The zero-order chi connectivity index (χ0) is 14.7. The van der Waals surface area contributed by atoms with Gasteiger partial charge in [-0.05, 0) is 57.1 Å². The molecule has 20 heavy (non-hydrogen) atoms. The highest BCUT2D eigenvalue weighted by Crippen LogP contribution is 2.26. The second-order valence-electron chi connectivity index (χ2n) is 6.32. The SMILES string of the molecule is Cc1cc(C)c(C(CN2CCNCC2)N(C)C)cc1C. The van der Waals surface area contributed by atoms with Gasteiger partial charge in [-0.3, -0.25) is 4.90 Å². The summed E-state index contributed by atoms with van der Waals surface area (Å²) in [5.41, 5.74) is 5.70. The lowest BCUT2D eigenvalue weighted by atomic mass is 9.94. The summed E-state index contributed by atoms with van der Waals surface area (Å²) in [5.74, 6) is 0. The number of nitrogens with one attached hydrogen (secondary N) is 1. The van der Waals surface area contributed by atoms with Crippen molar-refractivity contribution in [2.75, 3.05) is 46.8 Å². The first-order valence-electron chi connectivity index (χ1n) is 7.66. The second kappa shape index (κ2) is 6.70. The Morgan fingerprint density at radius 3 is 2.25 bits per heavy atom. The van der Waals surface area contributed by atoms with Crippen LogP contribution < -0.4 is 5.32 Å². The van der Waals surface area contributed by atoms with Crippen LogP contribution in [0.15, 0.2) is 12.1 Å². The zero-order valence-corrected chi connectivity index (χ0v) is 13.7. The third kappa shape index (κ3) is 3.60. The van der Waals surface area contributed by atoms with Gasteiger partial charge in [0.2, 0.25) is 0 Å². The van der Waals surface area contributed by atoms with Gasteiger partial charge in [-0.15, -0.1) is 0 Å². The van der Waals surface area contributed by atoms with Crippen LogP contribution in [0.1, 0.15) is 28.3 Å². The summed E-state index contributed by atoms with van der Waals surface area (Å²) < 4.78 is 0. The molecule has 0 radical (unpaired) electrons. The molecule has 0 aromatic heterocycles. The Balaban J connectivity index is 2.21. The van der Waals surface area contributed by atoms with E-state index in [-0.39, 0.29) is 0 Å². The van der Waals surface area contributed by atoms with Gasteiger partial charge < -0.3 is 10.2 Å². The molecule has 0 spiro atoms. The monoisotopic (exact) mass is 275 g/mol. The number of benzene rings is 1. The molecule has 2 rings (SSSR count). The summed E-state index contributed by atoms with van der Waals surface area (Å²) >= 11 is 0. The molecule has 1 fully saturated rings. The molecule has 1 aromatic carbocycles. The van der Waals surface area contributed by atoms with E-state index in [9.17, 15) is 0 Å². The van der Waals surface area contributed by atoms with E-state index in [2.05, 4.69) is 62.1 Å². The minimum absolute atomic E-state index is 0.479. The van der Waals surface area contributed by atoms with E-state index >= 15 is 0 Å². The molecule has 0 aliphatic carbocycles. The third-order valence-electron chi connectivity index (χ3n) is 4.51. The molecule has 0 saturated carbocycles. The fraction of sp³-hybridized carbons (Fsp3) is 0.647. The molecule has 0 bridgehead atoms. The van der Waals surface area contributed by atoms with Crippen molar-refractivity contribution in [1.82, 2.24) is 15.1 Å². The average molecular weight is 275 g/mol. The van der Waals surface area contributed by atoms with Crippen molar-refractivity contribution in [3.63, 3.8) is 0 Å². The van der Waals surface area contributed by atoms with Gasteiger partial charge in [0.25, 0.3) is 0 Å². The number of likely N-dealkylation sites (N-methyl/N-ethyl adjacent to an activating group) is 1. The first-order valence-corrected chi connectivity index (χ1v) is 7.66. The maximum atomic E-state index is 3.43. The van der Waals surface area contributed by atoms with Crippen molar-refractivity contribution < 1.29 is 0 Å². The third-order valence-corrected chi connectivity index (χ3v) is 4.51. The normalized spacial score (nSPS) is 18.5. The molecule has 1 atom stereocenters. The van der Waals surface area contributed by atoms with Crippen molar-refractivity contribution in [3.8, 4) is 0 Å². The smallest absolute Gasteiger partial charge is 0.0472 e. The molecule has 1 aromatic rings. The van der Waals surface area contributed by atoms with Crippen LogP contribution in [0.25, 0.3) is 0 Å². The number of hydrogen-bond acceptors (Lipinski definition) is 3. The van der Waals surface area contributed by atoms with E-state index in [0.29, 0.717) is 6.04 Å². The number of nitrogens with zero attached hydrogens (tertiary/aromatic N) is 2. The van der Waals surface area contributed by atoms with Crippen LogP contribution in [0.5, 0.6) is 0 Å². The summed E-state index contributed by atoms with van der Waals surface area (Å²) in [6, 6.07) is 5.20.